The van der Waals surface area contributed by atoms with Gasteiger partial charge in [0.05, 0.1) is 134 Å². The Balaban J connectivity index is 0.000000109. The van der Waals surface area contributed by atoms with Crippen molar-refractivity contribution in [3.63, 3.8) is 0 Å². The van der Waals surface area contributed by atoms with Crippen LogP contribution in [0.1, 0.15) is 107 Å². The molecule has 45 heteroatoms. The number of allylic oxidation sites excluding steroid dienone is 3. The first-order valence-corrected chi connectivity index (χ1v) is 52.3. The summed E-state index contributed by atoms with van der Waals surface area (Å²) in [6.07, 6.45) is 54.1. The Morgan fingerprint density at radius 3 is 1.42 bits per heavy atom. The Bertz CT molecular complexity index is 7730. The topological polar surface area (TPSA) is 391 Å². The molecule has 10 aliphatic rings. The van der Waals surface area contributed by atoms with E-state index in [1.165, 1.54) is 50.9 Å². The number of piperidine rings is 1. The minimum Gasteiger partial charge on any atom is -0.365 e. The molecule has 0 amide bonds. The van der Waals surface area contributed by atoms with Gasteiger partial charge in [-0.05, 0) is 161 Å². The van der Waals surface area contributed by atoms with Crippen molar-refractivity contribution < 1.29 is 17.9 Å². The van der Waals surface area contributed by atoms with Gasteiger partial charge in [0.2, 0.25) is 11.9 Å². The largest absolute Gasteiger partial charge is 0.434 e. The molecule has 0 bridgehead atoms. The van der Waals surface area contributed by atoms with Crippen molar-refractivity contribution in [3.8, 4) is 57.3 Å². The fraction of sp³-hybridized carbons (Fsp3) is 0.356. The molecule has 0 saturated carbocycles. The maximum atomic E-state index is 13.1. The smallest absolute Gasteiger partial charge is 0.365 e. The number of fused-ring (bicyclic) bond motifs is 5. The number of morpholine rings is 1. The average molecular weight is 2220 g/mol. The van der Waals surface area contributed by atoms with Gasteiger partial charge in [-0.3, -0.25) is 47.0 Å². The summed E-state index contributed by atoms with van der Waals surface area (Å²) in [6.45, 7) is 27.7. The highest BCUT2D eigenvalue weighted by molar-refractivity contribution is 9.11. The lowest BCUT2D eigenvalue weighted by Gasteiger charge is -2.43. The van der Waals surface area contributed by atoms with Crippen LogP contribution in [0.4, 0.5) is 42.5 Å². The van der Waals surface area contributed by atoms with E-state index < -0.39 is 11.9 Å². The van der Waals surface area contributed by atoms with E-state index in [1.54, 1.807) is 68.0 Å². The highest BCUT2D eigenvalue weighted by Crippen LogP contribution is 2.38. The molecule has 25 rings (SSSR count). The Kier molecular flexibility index (Phi) is 29.6. The van der Waals surface area contributed by atoms with Crippen LogP contribution in [0.15, 0.2) is 263 Å². The Morgan fingerprint density at radius 1 is 0.450 bits per heavy atom. The lowest BCUT2D eigenvalue weighted by atomic mass is 9.95. The van der Waals surface area contributed by atoms with Crippen LogP contribution >= 0.6 is 59.4 Å². The first-order valence-electron chi connectivity index (χ1n) is 49.6. The van der Waals surface area contributed by atoms with Crippen molar-refractivity contribution in [2.45, 2.75) is 155 Å². The van der Waals surface area contributed by atoms with Gasteiger partial charge in [0, 0.05) is 193 Å². The van der Waals surface area contributed by atoms with E-state index in [0.717, 1.165) is 196 Å². The second kappa shape index (κ2) is 43.8. The minimum absolute atomic E-state index is 0.0370. The Morgan fingerprint density at radius 2 is 0.926 bits per heavy atom. The van der Waals surface area contributed by atoms with Gasteiger partial charge in [-0.1, -0.05) is 75.8 Å². The summed E-state index contributed by atoms with van der Waals surface area (Å²) in [7, 11) is 0. The number of ether oxygens (including phenoxy) is 1. The highest BCUT2D eigenvalue weighted by Gasteiger charge is 2.40. The average Bonchev–Trinajstić information content (AvgIpc) is 1.67. The van der Waals surface area contributed by atoms with Crippen LogP contribution in [0.3, 0.4) is 0 Å². The summed E-state index contributed by atoms with van der Waals surface area (Å²) in [5.74, 6) is 7.03. The van der Waals surface area contributed by atoms with Gasteiger partial charge in [-0.25, -0.2) is 99.7 Å². The molecule has 4 fully saturated rings. The number of aliphatic imine (C=N–C) groups is 5. The van der Waals surface area contributed by atoms with E-state index in [0.29, 0.717) is 77.2 Å². The van der Waals surface area contributed by atoms with Crippen LogP contribution in [-0.4, -0.2) is 266 Å². The number of piperazine rings is 2. The number of hydrogen-bond donors (Lipinski definition) is 2. The SMILES string of the molecule is CC(C)C1=NC(C2=CCCN(c3ccnc(-c4cnc5cnc(Br)cn45)n3)C2)=CC1.CC(C)C1=NC(C2CCCN(c3ccnc(-c4cnc5cnc(Br)cn45)n3)C2)=CC1.CC1CN(c2ccnc(-c3cnc4cnc(C(F)(F)F)cn34)n2)CC(C2=CCC=N2)O1.CC1CN(c2nccc(-c3cnc4cnc(Br)cn34)n2)C(C)C(C2=CCN=C2)N1.CC1CN(c2nccc(-c3cnc4cnc(Cl)cn34)n2)C(C)C(C2=CCN=C2)N1. The lowest BCUT2D eigenvalue weighted by molar-refractivity contribution is -0.141. The van der Waals surface area contributed by atoms with Gasteiger partial charge in [-0.15, -0.1) is 0 Å². The standard InChI is InChI=1S/C22H24BrN7.C22H22BrN7.C20H21BrN8.C20H21ClN8.C20H18F3N7O/c2*1-14(2)16-5-6-17(27-16)15-4-3-9-29(12-15)20-7-8-24-22(28-20)18-10-26-21-11-25-19(23)13-30(18)21;2*1-12-10-28(13(2)19(26-12)14-3-5-22-7-14)20-23-6-4-15(27-20)16-8-25-18-9-24-17(21)11-29(16)18;1-12-9-29(10-15(31-12)13-3-2-5-24-13)17-4-6-25-19(28-17)14-7-27-18-8-26-16(11-30(14)18)20(21,22)23/h6-8,10-11,13-15H,3-5,9,12H2,1-2H3;4,6-8,10-11,13-14H,3,5,9,12H2,1-2H3;2*3-4,6-9,11-13,19,26H,5,10H2,1-2H3;3-8,11-12,15H,2,9-10H2,1H3. The molecule has 25 heterocycles. The number of aromatic nitrogens is 25. The molecular formula is C104H106Br3ClF3N37O. The first kappa shape index (κ1) is 101. The van der Waals surface area contributed by atoms with Gasteiger partial charge >= 0.3 is 6.18 Å². The lowest BCUT2D eigenvalue weighted by Crippen LogP contribution is -2.61. The fourth-order valence-electron chi connectivity index (χ4n) is 19.8. The Labute approximate surface area is 885 Å². The van der Waals surface area contributed by atoms with Crippen LogP contribution in [0.2, 0.25) is 5.15 Å². The van der Waals surface area contributed by atoms with Crippen molar-refractivity contribution >= 4 is 147 Å². The summed E-state index contributed by atoms with van der Waals surface area (Å²) in [5.41, 5.74) is 17.3. The van der Waals surface area contributed by atoms with E-state index in [9.17, 15) is 13.2 Å². The molecule has 9 unspecified atom stereocenters. The monoisotopic (exact) mass is 2220 g/mol. The number of alkyl halides is 3. The summed E-state index contributed by atoms with van der Waals surface area (Å²) >= 11 is 16.4. The van der Waals surface area contributed by atoms with E-state index in [1.807, 2.05) is 117 Å². The van der Waals surface area contributed by atoms with Crippen LogP contribution in [-0.2, 0) is 10.9 Å². The molecule has 38 nitrogen and oxygen atoms in total. The van der Waals surface area contributed by atoms with Crippen LogP contribution in [0, 0.1) is 17.8 Å². The summed E-state index contributed by atoms with van der Waals surface area (Å²) in [4.78, 5) is 123. The molecule has 9 atom stereocenters. The quantitative estimate of drug-likeness (QED) is 0.0855. The molecule has 762 valence electrons. The fourth-order valence-corrected chi connectivity index (χ4v) is 20.9. The van der Waals surface area contributed by atoms with Crippen LogP contribution < -0.4 is 35.1 Å². The normalized spacial score (nSPS) is 21.3. The zero-order valence-corrected chi connectivity index (χ0v) is 88.5. The zero-order valence-electron chi connectivity index (χ0n) is 83.0. The maximum Gasteiger partial charge on any atom is 0.434 e. The van der Waals surface area contributed by atoms with E-state index in [-0.39, 0.29) is 47.8 Å². The number of imidazole rings is 5. The molecule has 4 saturated heterocycles. The highest BCUT2D eigenvalue weighted by atomic mass is 79.9. The summed E-state index contributed by atoms with van der Waals surface area (Å²) in [5, 5.41) is 7.79. The van der Waals surface area contributed by atoms with Gasteiger partial charge in [-0.2, -0.15) is 13.2 Å². The van der Waals surface area contributed by atoms with Crippen molar-refractivity contribution in [2.75, 3.05) is 89.9 Å². The number of rotatable bonds is 17. The predicted octanol–water partition coefficient (Wildman–Crippen LogP) is 17.1. The van der Waals surface area contributed by atoms with E-state index in [2.05, 4.69) is 263 Å². The molecule has 0 aromatic carbocycles. The number of hydrogen-bond acceptors (Lipinski definition) is 33. The summed E-state index contributed by atoms with van der Waals surface area (Å²) < 4.78 is 56.7. The number of nitrogens with one attached hydrogen (secondary N) is 2. The third-order valence-electron chi connectivity index (χ3n) is 27.4. The van der Waals surface area contributed by atoms with Gasteiger partial charge < -0.3 is 39.9 Å². The molecule has 0 spiro atoms. The second-order valence-corrected chi connectivity index (χ2v) is 41.1. The van der Waals surface area contributed by atoms with E-state index >= 15 is 0 Å². The maximum absolute atomic E-state index is 13.1. The number of anilines is 5. The molecule has 0 radical (unpaired) electrons. The molecule has 2 N–H and O–H groups in total. The predicted molar refractivity (Wildman–Crippen MR) is 580 cm³/mol. The van der Waals surface area contributed by atoms with E-state index in [4.69, 9.17) is 46.3 Å². The van der Waals surface area contributed by atoms with Gasteiger partial charge in [0.1, 0.15) is 59.6 Å². The number of halogens is 7. The third-order valence-corrected chi connectivity index (χ3v) is 28.8. The van der Waals surface area contributed by atoms with Crippen LogP contribution in [0.25, 0.3) is 85.6 Å². The molecule has 15 aromatic rings. The van der Waals surface area contributed by atoms with Gasteiger partial charge in [0.15, 0.2) is 51.4 Å². The zero-order chi connectivity index (χ0) is 103. The Hall–Kier alpha value is -14.3. The molecule has 15 aromatic heterocycles. The van der Waals surface area contributed by atoms with Gasteiger partial charge in [0.25, 0.3) is 0 Å². The van der Waals surface area contributed by atoms with Crippen molar-refractivity contribution in [3.05, 3.63) is 249 Å². The molecule has 0 aliphatic carbocycles. The minimum atomic E-state index is -4.56. The number of nitrogens with zero attached hydrogens (tertiary/aromatic N) is 35. The third kappa shape index (κ3) is 22.3. The molecule has 149 heavy (non-hydrogen) atoms. The first-order chi connectivity index (χ1) is 72.2. The van der Waals surface area contributed by atoms with Crippen molar-refractivity contribution in [1.82, 2.24) is 132 Å². The van der Waals surface area contributed by atoms with Crippen LogP contribution in [0.5, 0.6) is 0 Å². The van der Waals surface area contributed by atoms with Crippen molar-refractivity contribution in [1.29, 1.82) is 0 Å². The molecule has 10 aliphatic heterocycles. The summed E-state index contributed by atoms with van der Waals surface area (Å²) in [6, 6.07) is 11.0. The molecular weight excluding hydrogens is 2120 g/mol. The van der Waals surface area contributed by atoms with Crippen molar-refractivity contribution in [2.24, 2.45) is 42.7 Å². The second-order valence-electron chi connectivity index (χ2n) is 38.3.